The van der Waals surface area contributed by atoms with Crippen LogP contribution in [0.25, 0.3) is 0 Å². The Morgan fingerprint density at radius 2 is 2.00 bits per heavy atom. The summed E-state index contributed by atoms with van der Waals surface area (Å²) in [4.78, 5) is 12.7. The van der Waals surface area contributed by atoms with Crippen molar-refractivity contribution in [2.75, 3.05) is 6.79 Å². The van der Waals surface area contributed by atoms with Gasteiger partial charge in [0.05, 0.1) is 12.0 Å². The highest BCUT2D eigenvalue weighted by molar-refractivity contribution is 6.00. The summed E-state index contributed by atoms with van der Waals surface area (Å²) in [5.74, 6) is 1.97. The van der Waals surface area contributed by atoms with Crippen molar-refractivity contribution in [1.29, 1.82) is 0 Å². The van der Waals surface area contributed by atoms with Gasteiger partial charge in [-0.05, 0) is 50.1 Å². The first-order valence-electron chi connectivity index (χ1n) is 8.60. The van der Waals surface area contributed by atoms with E-state index in [0.717, 1.165) is 11.1 Å². The maximum atomic E-state index is 12.7. The molecule has 0 fully saturated rings. The molecule has 0 spiro atoms. The number of ketones is 1. The first-order valence-corrected chi connectivity index (χ1v) is 8.60. The molecule has 0 amide bonds. The Bertz CT molecular complexity index is 909. The largest absolute Gasteiger partial charge is 0.508 e. The fourth-order valence-electron chi connectivity index (χ4n) is 3.24. The lowest BCUT2D eigenvalue weighted by Crippen LogP contribution is -2.21. The smallest absolute Gasteiger partial charge is 0.231 e. The van der Waals surface area contributed by atoms with Crippen LogP contribution in [0.1, 0.15) is 47.9 Å². The van der Waals surface area contributed by atoms with Crippen LogP contribution in [0.2, 0.25) is 0 Å². The summed E-state index contributed by atoms with van der Waals surface area (Å²) in [5, 5.41) is 10.3. The predicted molar refractivity (Wildman–Crippen MR) is 96.1 cm³/mol. The van der Waals surface area contributed by atoms with Gasteiger partial charge in [0.2, 0.25) is 6.79 Å². The summed E-state index contributed by atoms with van der Waals surface area (Å²) >= 11 is 0. The summed E-state index contributed by atoms with van der Waals surface area (Å²) in [6.45, 7) is 4.19. The second-order valence-electron chi connectivity index (χ2n) is 6.77. The standard InChI is InChI=1S/C21H20O5/c1-12(2)3-5-14-16(22)7-6-15-17(23)10-19(26-21(14)15)13-4-8-18-20(9-13)25-11-24-18/h3-4,6-9,19,22H,5,10-11H2,1-2H3. The van der Waals surface area contributed by atoms with Crippen LogP contribution in [0.15, 0.2) is 42.0 Å². The molecule has 1 atom stereocenters. The number of hydrogen-bond acceptors (Lipinski definition) is 5. The molecule has 0 radical (unpaired) electrons. The van der Waals surface area contributed by atoms with Gasteiger partial charge in [0.15, 0.2) is 17.3 Å². The monoisotopic (exact) mass is 352 g/mol. The highest BCUT2D eigenvalue weighted by Crippen LogP contribution is 2.43. The number of Topliss-reactive ketones (excluding diaryl/α,β-unsaturated/α-hetero) is 1. The molecular formula is C21H20O5. The lowest BCUT2D eigenvalue weighted by molar-refractivity contribution is 0.0847. The predicted octanol–water partition coefficient (Wildman–Crippen LogP) is 4.34. The average molecular weight is 352 g/mol. The van der Waals surface area contributed by atoms with E-state index in [1.807, 2.05) is 38.1 Å². The third-order valence-corrected chi connectivity index (χ3v) is 4.65. The second-order valence-corrected chi connectivity index (χ2v) is 6.77. The minimum atomic E-state index is -0.420. The van der Waals surface area contributed by atoms with Crippen molar-refractivity contribution in [3.05, 3.63) is 58.7 Å². The van der Waals surface area contributed by atoms with E-state index in [9.17, 15) is 9.90 Å². The maximum Gasteiger partial charge on any atom is 0.231 e. The van der Waals surface area contributed by atoms with Gasteiger partial charge >= 0.3 is 0 Å². The van der Waals surface area contributed by atoms with Gasteiger partial charge in [-0.15, -0.1) is 0 Å². The molecule has 2 aliphatic heterocycles. The molecule has 5 heteroatoms. The van der Waals surface area contributed by atoms with Crippen molar-refractivity contribution in [3.63, 3.8) is 0 Å². The molecule has 0 saturated carbocycles. The molecule has 0 aliphatic carbocycles. The number of aromatic hydroxyl groups is 1. The molecule has 1 unspecified atom stereocenters. The summed E-state index contributed by atoms with van der Waals surface area (Å²) in [5.41, 5.74) is 3.15. The summed E-state index contributed by atoms with van der Waals surface area (Å²) in [6, 6.07) is 8.76. The van der Waals surface area contributed by atoms with E-state index < -0.39 is 6.10 Å². The van der Waals surface area contributed by atoms with E-state index in [-0.39, 0.29) is 24.7 Å². The van der Waals surface area contributed by atoms with Crippen molar-refractivity contribution in [2.24, 2.45) is 0 Å². The number of carbonyl (C=O) groups excluding carboxylic acids is 1. The number of phenolic OH excluding ortho intramolecular Hbond substituents is 1. The molecule has 2 heterocycles. The van der Waals surface area contributed by atoms with Gasteiger partial charge in [-0.1, -0.05) is 17.7 Å². The number of ether oxygens (including phenoxy) is 3. The lowest BCUT2D eigenvalue weighted by atomic mass is 9.93. The normalized spacial score (nSPS) is 17.5. The van der Waals surface area contributed by atoms with Crippen LogP contribution in [0, 0.1) is 0 Å². The van der Waals surface area contributed by atoms with Crippen molar-refractivity contribution in [1.82, 2.24) is 0 Å². The van der Waals surface area contributed by atoms with E-state index in [4.69, 9.17) is 14.2 Å². The third-order valence-electron chi connectivity index (χ3n) is 4.65. The highest BCUT2D eigenvalue weighted by atomic mass is 16.7. The van der Waals surface area contributed by atoms with Gasteiger partial charge in [0.1, 0.15) is 17.6 Å². The van der Waals surface area contributed by atoms with Gasteiger partial charge in [0, 0.05) is 5.56 Å². The lowest BCUT2D eigenvalue weighted by Gasteiger charge is -2.27. The van der Waals surface area contributed by atoms with Crippen molar-refractivity contribution in [3.8, 4) is 23.0 Å². The first kappa shape index (κ1) is 16.5. The van der Waals surface area contributed by atoms with Crippen LogP contribution in [0.5, 0.6) is 23.0 Å². The number of carbonyl (C=O) groups is 1. The molecule has 2 aliphatic rings. The summed E-state index contributed by atoms with van der Waals surface area (Å²) in [6.07, 6.45) is 2.35. The molecule has 4 rings (SSSR count). The quantitative estimate of drug-likeness (QED) is 0.833. The van der Waals surface area contributed by atoms with Crippen molar-refractivity contribution >= 4 is 5.78 Å². The maximum absolute atomic E-state index is 12.7. The molecule has 134 valence electrons. The number of allylic oxidation sites excluding steroid dienone is 2. The summed E-state index contributed by atoms with van der Waals surface area (Å²) < 4.78 is 16.9. The fourth-order valence-corrected chi connectivity index (χ4v) is 3.24. The van der Waals surface area contributed by atoms with Gasteiger partial charge in [-0.2, -0.15) is 0 Å². The number of hydrogen-bond donors (Lipinski definition) is 1. The molecule has 26 heavy (non-hydrogen) atoms. The van der Waals surface area contributed by atoms with Gasteiger partial charge in [-0.3, -0.25) is 4.79 Å². The van der Waals surface area contributed by atoms with Crippen LogP contribution in [-0.4, -0.2) is 17.7 Å². The van der Waals surface area contributed by atoms with Crippen LogP contribution in [-0.2, 0) is 6.42 Å². The van der Waals surface area contributed by atoms with E-state index >= 15 is 0 Å². The SMILES string of the molecule is CC(C)=CCc1c(O)ccc2c1OC(c1ccc3c(c1)OCO3)CC2=O. The molecule has 2 aromatic rings. The Morgan fingerprint density at radius 1 is 1.19 bits per heavy atom. The second kappa shape index (κ2) is 6.41. The third kappa shape index (κ3) is 2.90. The number of rotatable bonds is 3. The van der Waals surface area contributed by atoms with Crippen LogP contribution < -0.4 is 14.2 Å². The Balaban J connectivity index is 1.72. The number of fused-ring (bicyclic) bond motifs is 2. The Labute approximate surface area is 151 Å². The Morgan fingerprint density at radius 3 is 2.81 bits per heavy atom. The van der Waals surface area contributed by atoms with Crippen LogP contribution in [0.4, 0.5) is 0 Å². The van der Waals surface area contributed by atoms with Gasteiger partial charge in [-0.25, -0.2) is 0 Å². The van der Waals surface area contributed by atoms with E-state index in [1.54, 1.807) is 12.1 Å². The molecule has 1 N–H and O–H groups in total. The Kier molecular flexibility index (Phi) is 4.07. The summed E-state index contributed by atoms with van der Waals surface area (Å²) in [7, 11) is 0. The zero-order valence-corrected chi connectivity index (χ0v) is 14.7. The first-order chi connectivity index (χ1) is 12.5. The van der Waals surface area contributed by atoms with Crippen molar-refractivity contribution in [2.45, 2.75) is 32.8 Å². The van der Waals surface area contributed by atoms with Crippen LogP contribution in [0.3, 0.4) is 0 Å². The number of benzene rings is 2. The Hall–Kier alpha value is -2.95. The van der Waals surface area contributed by atoms with E-state index in [2.05, 4.69) is 0 Å². The molecule has 0 aromatic heterocycles. The van der Waals surface area contributed by atoms with E-state index in [0.29, 0.717) is 34.8 Å². The minimum absolute atomic E-state index is 0.00682. The van der Waals surface area contributed by atoms with Gasteiger partial charge in [0.25, 0.3) is 0 Å². The van der Waals surface area contributed by atoms with Gasteiger partial charge < -0.3 is 19.3 Å². The van der Waals surface area contributed by atoms with E-state index in [1.165, 1.54) is 0 Å². The zero-order valence-electron chi connectivity index (χ0n) is 14.7. The molecule has 0 saturated heterocycles. The average Bonchev–Trinajstić information content (AvgIpc) is 3.08. The number of phenols is 1. The van der Waals surface area contributed by atoms with Crippen LogP contribution >= 0.6 is 0 Å². The topological polar surface area (TPSA) is 65.0 Å². The highest BCUT2D eigenvalue weighted by Gasteiger charge is 2.31. The molecular weight excluding hydrogens is 332 g/mol. The van der Waals surface area contributed by atoms with Crippen molar-refractivity contribution < 1.29 is 24.1 Å². The minimum Gasteiger partial charge on any atom is -0.508 e. The fraction of sp³-hybridized carbons (Fsp3) is 0.286. The molecule has 0 bridgehead atoms. The molecule has 5 nitrogen and oxygen atoms in total. The zero-order chi connectivity index (χ0) is 18.3. The molecule has 2 aromatic carbocycles.